The topological polar surface area (TPSA) is 63.7 Å². The Hall–Kier alpha value is -2.93. The van der Waals surface area contributed by atoms with E-state index in [1.807, 2.05) is 31.2 Å². The molecule has 0 bridgehead atoms. The molecule has 6 nitrogen and oxygen atoms in total. The highest BCUT2D eigenvalue weighted by molar-refractivity contribution is 8.00. The minimum Gasteiger partial charge on any atom is -0.493 e. The van der Waals surface area contributed by atoms with E-state index in [1.165, 1.54) is 17.4 Å². The fraction of sp³-hybridized carbons (Fsp3) is 0.360. The average Bonchev–Trinajstić information content (AvgIpc) is 2.78. The zero-order valence-electron chi connectivity index (χ0n) is 19.6. The predicted molar refractivity (Wildman–Crippen MR) is 134 cm³/mol. The van der Waals surface area contributed by atoms with Crippen molar-refractivity contribution in [2.24, 2.45) is 0 Å². The summed E-state index contributed by atoms with van der Waals surface area (Å²) in [5.41, 5.74) is 4.98. The molecule has 7 heteroatoms. The van der Waals surface area contributed by atoms with Crippen LogP contribution in [-0.2, 0) is 4.79 Å². The van der Waals surface area contributed by atoms with Gasteiger partial charge in [-0.25, -0.2) is 4.98 Å². The number of benzene rings is 2. The molecule has 0 unspecified atom stereocenters. The first-order chi connectivity index (χ1) is 15.4. The molecule has 1 aromatic heterocycles. The summed E-state index contributed by atoms with van der Waals surface area (Å²) in [4.78, 5) is 19.6. The molecule has 0 spiro atoms. The second-order valence-corrected chi connectivity index (χ2v) is 8.48. The number of fused-ring (bicyclic) bond motifs is 1. The van der Waals surface area contributed by atoms with Crippen LogP contribution in [0.3, 0.4) is 0 Å². The Kier molecular flexibility index (Phi) is 7.85. The summed E-state index contributed by atoms with van der Waals surface area (Å²) in [5, 5.41) is 4.80. The third kappa shape index (κ3) is 5.27. The van der Waals surface area contributed by atoms with Gasteiger partial charge in [0.1, 0.15) is 5.03 Å². The van der Waals surface area contributed by atoms with E-state index in [0.29, 0.717) is 11.5 Å². The first-order valence-corrected chi connectivity index (χ1v) is 11.7. The number of hydrogen-bond acceptors (Lipinski definition) is 6. The monoisotopic (exact) mass is 453 g/mol. The SMILES string of the molecule is CCN(CC)c1ccc(NC(=O)CSc2nc3cc(OC)c(OC)cc3cc2C)cc1C. The Morgan fingerprint density at radius 3 is 2.31 bits per heavy atom. The molecule has 3 aromatic rings. The van der Waals surface area contributed by atoms with Gasteiger partial charge in [-0.1, -0.05) is 11.8 Å². The van der Waals surface area contributed by atoms with Crippen LogP contribution in [-0.4, -0.2) is 44.0 Å². The van der Waals surface area contributed by atoms with Gasteiger partial charge in [-0.2, -0.15) is 0 Å². The van der Waals surface area contributed by atoms with Crippen LogP contribution in [0.4, 0.5) is 11.4 Å². The summed E-state index contributed by atoms with van der Waals surface area (Å²) >= 11 is 1.43. The molecule has 0 radical (unpaired) electrons. The van der Waals surface area contributed by atoms with Gasteiger partial charge in [-0.05, 0) is 69.2 Å². The number of rotatable bonds is 9. The normalized spacial score (nSPS) is 10.8. The molecule has 0 saturated heterocycles. The molecular weight excluding hydrogens is 422 g/mol. The van der Waals surface area contributed by atoms with E-state index in [1.54, 1.807) is 14.2 Å². The predicted octanol–water partition coefficient (Wildman–Crippen LogP) is 5.45. The van der Waals surface area contributed by atoms with Gasteiger partial charge in [0.2, 0.25) is 5.91 Å². The fourth-order valence-corrected chi connectivity index (χ4v) is 4.51. The van der Waals surface area contributed by atoms with E-state index in [4.69, 9.17) is 14.5 Å². The Balaban J connectivity index is 1.70. The van der Waals surface area contributed by atoms with Crippen LogP contribution in [0, 0.1) is 13.8 Å². The average molecular weight is 454 g/mol. The Bertz CT molecular complexity index is 1110. The maximum atomic E-state index is 12.6. The minimum atomic E-state index is -0.0569. The van der Waals surface area contributed by atoms with Gasteiger partial charge in [0.05, 0.1) is 25.5 Å². The van der Waals surface area contributed by atoms with Crippen molar-refractivity contribution >= 4 is 39.9 Å². The van der Waals surface area contributed by atoms with Crippen LogP contribution in [0.1, 0.15) is 25.0 Å². The number of anilines is 2. The third-order valence-corrected chi connectivity index (χ3v) is 6.48. The lowest BCUT2D eigenvalue weighted by Crippen LogP contribution is -2.22. The summed E-state index contributed by atoms with van der Waals surface area (Å²) in [6, 6.07) is 11.9. The Labute approximate surface area is 194 Å². The van der Waals surface area contributed by atoms with Gasteiger partial charge in [0.25, 0.3) is 0 Å². The van der Waals surface area contributed by atoms with E-state index in [9.17, 15) is 4.79 Å². The van der Waals surface area contributed by atoms with Crippen molar-refractivity contribution in [2.75, 3.05) is 43.3 Å². The lowest BCUT2D eigenvalue weighted by molar-refractivity contribution is -0.113. The number of aryl methyl sites for hydroxylation is 2. The van der Waals surface area contributed by atoms with Crippen molar-refractivity contribution in [1.29, 1.82) is 0 Å². The summed E-state index contributed by atoms with van der Waals surface area (Å²) in [6.45, 7) is 10.3. The Morgan fingerprint density at radius 2 is 1.69 bits per heavy atom. The van der Waals surface area contributed by atoms with Gasteiger partial charge >= 0.3 is 0 Å². The van der Waals surface area contributed by atoms with Crippen LogP contribution in [0.5, 0.6) is 11.5 Å². The van der Waals surface area contributed by atoms with Crippen molar-refractivity contribution in [3.63, 3.8) is 0 Å². The van der Waals surface area contributed by atoms with Crippen LogP contribution in [0.15, 0.2) is 41.4 Å². The summed E-state index contributed by atoms with van der Waals surface area (Å²) in [7, 11) is 3.22. The standard InChI is InChI=1S/C25H31N3O3S/c1-7-28(8-2)21-10-9-19(12-16(21)3)26-24(29)15-32-25-17(4)11-18-13-22(30-5)23(31-6)14-20(18)27-25/h9-14H,7-8,15H2,1-6H3,(H,26,29). The highest BCUT2D eigenvalue weighted by atomic mass is 32.2. The number of nitrogens with zero attached hydrogens (tertiary/aromatic N) is 2. The van der Waals surface area contributed by atoms with Gasteiger partial charge < -0.3 is 19.7 Å². The van der Waals surface area contributed by atoms with Crippen molar-refractivity contribution in [1.82, 2.24) is 4.98 Å². The van der Waals surface area contributed by atoms with E-state index in [2.05, 4.69) is 43.1 Å². The zero-order valence-corrected chi connectivity index (χ0v) is 20.4. The number of ether oxygens (including phenoxy) is 2. The Morgan fingerprint density at radius 1 is 1.00 bits per heavy atom. The maximum Gasteiger partial charge on any atom is 0.234 e. The molecule has 2 aromatic carbocycles. The molecule has 170 valence electrons. The van der Waals surface area contributed by atoms with E-state index >= 15 is 0 Å². The van der Waals surface area contributed by atoms with Crippen molar-refractivity contribution < 1.29 is 14.3 Å². The van der Waals surface area contributed by atoms with E-state index < -0.39 is 0 Å². The molecule has 0 aliphatic rings. The molecular formula is C25H31N3O3S. The third-order valence-electron chi connectivity index (χ3n) is 5.39. The minimum absolute atomic E-state index is 0.0569. The van der Waals surface area contributed by atoms with E-state index in [0.717, 1.165) is 45.8 Å². The highest BCUT2D eigenvalue weighted by Gasteiger charge is 2.13. The molecule has 1 amide bonds. The number of nitrogens with one attached hydrogen (secondary N) is 1. The zero-order chi connectivity index (χ0) is 23.3. The summed E-state index contributed by atoms with van der Waals surface area (Å²) in [6.07, 6.45) is 0. The number of carbonyl (C=O) groups is 1. The lowest BCUT2D eigenvalue weighted by atomic mass is 10.1. The highest BCUT2D eigenvalue weighted by Crippen LogP contribution is 2.33. The van der Waals surface area contributed by atoms with Crippen LogP contribution >= 0.6 is 11.8 Å². The molecule has 0 saturated carbocycles. The lowest BCUT2D eigenvalue weighted by Gasteiger charge is -2.23. The second kappa shape index (κ2) is 10.6. The molecule has 0 atom stereocenters. The molecule has 0 fully saturated rings. The molecule has 32 heavy (non-hydrogen) atoms. The number of pyridine rings is 1. The van der Waals surface area contributed by atoms with Crippen LogP contribution < -0.4 is 19.7 Å². The number of thioether (sulfide) groups is 1. The van der Waals surface area contributed by atoms with Crippen molar-refractivity contribution in [3.8, 4) is 11.5 Å². The first kappa shape index (κ1) is 23.7. The fourth-order valence-electron chi connectivity index (χ4n) is 3.72. The summed E-state index contributed by atoms with van der Waals surface area (Å²) < 4.78 is 10.8. The van der Waals surface area contributed by atoms with Crippen LogP contribution in [0.25, 0.3) is 10.9 Å². The van der Waals surface area contributed by atoms with Gasteiger partial charge in [0, 0.05) is 35.9 Å². The maximum absolute atomic E-state index is 12.6. The molecule has 0 aliphatic heterocycles. The largest absolute Gasteiger partial charge is 0.493 e. The number of carbonyl (C=O) groups excluding carboxylic acids is 1. The first-order valence-electron chi connectivity index (χ1n) is 10.7. The molecule has 0 aliphatic carbocycles. The van der Waals surface area contributed by atoms with Gasteiger partial charge in [-0.15, -0.1) is 0 Å². The molecule has 1 N–H and O–H groups in total. The van der Waals surface area contributed by atoms with Gasteiger partial charge in [0.15, 0.2) is 11.5 Å². The summed E-state index contributed by atoms with van der Waals surface area (Å²) in [5.74, 6) is 1.53. The van der Waals surface area contributed by atoms with Crippen LogP contribution in [0.2, 0.25) is 0 Å². The quantitative estimate of drug-likeness (QED) is 0.435. The number of amides is 1. The van der Waals surface area contributed by atoms with Gasteiger partial charge in [-0.3, -0.25) is 4.79 Å². The second-order valence-electron chi connectivity index (χ2n) is 7.52. The van der Waals surface area contributed by atoms with E-state index in [-0.39, 0.29) is 11.7 Å². The molecule has 1 heterocycles. The van der Waals surface area contributed by atoms with Crippen molar-refractivity contribution in [3.05, 3.63) is 47.5 Å². The number of methoxy groups -OCH3 is 2. The number of aromatic nitrogens is 1. The smallest absolute Gasteiger partial charge is 0.234 e. The molecule has 3 rings (SSSR count). The number of hydrogen-bond donors (Lipinski definition) is 1. The van der Waals surface area contributed by atoms with Crippen molar-refractivity contribution in [2.45, 2.75) is 32.7 Å².